The lowest BCUT2D eigenvalue weighted by Gasteiger charge is -2.35. The number of aliphatic carboxylic acids is 1. The van der Waals surface area contributed by atoms with Crippen LogP contribution in [0.2, 0.25) is 0 Å². The number of hydrogen-bond acceptors (Lipinski definition) is 6. The lowest BCUT2D eigenvalue weighted by molar-refractivity contribution is -0.287. The van der Waals surface area contributed by atoms with Crippen LogP contribution < -0.4 is 0 Å². The lowest BCUT2D eigenvalue weighted by Crippen LogP contribution is -2.53. The minimum absolute atomic E-state index is 0.365. The molecule has 1 N–H and O–H groups in total. The van der Waals surface area contributed by atoms with E-state index in [1.54, 1.807) is 13.8 Å². The van der Waals surface area contributed by atoms with Gasteiger partial charge < -0.3 is 28.8 Å². The van der Waals surface area contributed by atoms with Gasteiger partial charge in [0.25, 0.3) is 0 Å². The van der Waals surface area contributed by atoms with E-state index in [0.29, 0.717) is 0 Å². The number of carboxylic acid groups (broad SMARTS) is 1. The van der Waals surface area contributed by atoms with E-state index in [0.717, 1.165) is 0 Å². The average molecular weight is 246 g/mol. The van der Waals surface area contributed by atoms with Crippen molar-refractivity contribution in [3.8, 4) is 0 Å². The molecule has 7 nitrogen and oxygen atoms in total. The summed E-state index contributed by atoms with van der Waals surface area (Å²) < 4.78 is 27.1. The van der Waals surface area contributed by atoms with Crippen LogP contribution in [0.4, 0.5) is 0 Å². The molecule has 3 fully saturated rings. The normalized spacial score (nSPS) is 53.2. The van der Waals surface area contributed by atoms with Crippen molar-refractivity contribution in [3.05, 3.63) is 0 Å². The van der Waals surface area contributed by atoms with Crippen molar-refractivity contribution in [1.29, 1.82) is 0 Å². The molecule has 0 bridgehead atoms. The summed E-state index contributed by atoms with van der Waals surface area (Å²) in [5.41, 5.74) is 0. The van der Waals surface area contributed by atoms with Crippen LogP contribution in [0.1, 0.15) is 13.8 Å². The van der Waals surface area contributed by atoms with E-state index in [-0.39, 0.29) is 12.4 Å². The Hall–Kier alpha value is -0.730. The third-order valence-electron chi connectivity index (χ3n) is 3.11. The molecule has 3 saturated heterocycles. The van der Waals surface area contributed by atoms with Crippen LogP contribution >= 0.6 is 0 Å². The van der Waals surface area contributed by atoms with Gasteiger partial charge in [0, 0.05) is 0 Å². The smallest absolute Gasteiger partial charge is 0.335 e. The van der Waals surface area contributed by atoms with Gasteiger partial charge in [-0.2, -0.15) is 0 Å². The van der Waals surface area contributed by atoms with Gasteiger partial charge in [0.2, 0.25) is 0 Å². The molecular formula is C10H14O7. The molecule has 3 aliphatic rings. The van der Waals surface area contributed by atoms with E-state index in [1.165, 1.54) is 0 Å². The van der Waals surface area contributed by atoms with Crippen molar-refractivity contribution >= 4 is 5.97 Å². The number of fused-ring (bicyclic) bond motifs is 3. The monoisotopic (exact) mass is 246 g/mol. The van der Waals surface area contributed by atoms with Gasteiger partial charge >= 0.3 is 5.97 Å². The molecule has 0 aliphatic carbocycles. The number of rotatable bonds is 1. The Kier molecular flexibility index (Phi) is 2.60. The summed E-state index contributed by atoms with van der Waals surface area (Å²) in [7, 11) is 0. The van der Waals surface area contributed by atoms with Crippen LogP contribution in [0.25, 0.3) is 0 Å². The van der Waals surface area contributed by atoms with Gasteiger partial charge in [0.05, 0.1) is 0 Å². The largest absolute Gasteiger partial charge is 0.479 e. The van der Waals surface area contributed by atoms with Crippen molar-refractivity contribution in [1.82, 2.24) is 0 Å². The zero-order valence-electron chi connectivity index (χ0n) is 9.44. The molecule has 3 rings (SSSR count). The van der Waals surface area contributed by atoms with Gasteiger partial charge in [0.1, 0.15) is 18.3 Å². The summed E-state index contributed by atoms with van der Waals surface area (Å²) >= 11 is 0. The van der Waals surface area contributed by atoms with Crippen molar-refractivity contribution in [2.24, 2.45) is 0 Å². The third-order valence-corrected chi connectivity index (χ3v) is 3.11. The van der Waals surface area contributed by atoms with Crippen LogP contribution in [-0.2, 0) is 28.5 Å². The van der Waals surface area contributed by atoms with Gasteiger partial charge in [0.15, 0.2) is 25.0 Å². The Balaban J connectivity index is 1.82. The quantitative estimate of drug-likeness (QED) is 0.679. The molecule has 0 radical (unpaired) electrons. The van der Waals surface area contributed by atoms with Gasteiger partial charge in [-0.3, -0.25) is 0 Å². The summed E-state index contributed by atoms with van der Waals surface area (Å²) in [5, 5.41) is 9.08. The highest BCUT2D eigenvalue weighted by atomic mass is 16.8. The highest BCUT2D eigenvalue weighted by Gasteiger charge is 2.58. The molecule has 3 heterocycles. The van der Waals surface area contributed by atoms with E-state index < -0.39 is 36.9 Å². The zero-order valence-corrected chi connectivity index (χ0v) is 9.44. The molecule has 0 aromatic rings. The second kappa shape index (κ2) is 3.89. The van der Waals surface area contributed by atoms with Crippen molar-refractivity contribution in [2.75, 3.05) is 0 Å². The molecule has 7 atom stereocenters. The fourth-order valence-electron chi connectivity index (χ4n) is 2.48. The molecule has 0 aromatic carbocycles. The Bertz CT molecular complexity index is 333. The van der Waals surface area contributed by atoms with E-state index >= 15 is 0 Å². The predicted octanol–water partition coefficient (Wildman–Crippen LogP) is -0.313. The van der Waals surface area contributed by atoms with Crippen LogP contribution in [0.3, 0.4) is 0 Å². The standard InChI is InChI=1S/C10H14O7/c1-3-13-6-5(7(14-3)9(11)12)17-10-8(6)15-4(2)16-10/h3-8,10H,1-2H3,(H,11,12). The van der Waals surface area contributed by atoms with Crippen LogP contribution in [0.15, 0.2) is 0 Å². The fourth-order valence-corrected chi connectivity index (χ4v) is 2.48. The van der Waals surface area contributed by atoms with E-state index in [2.05, 4.69) is 0 Å². The lowest BCUT2D eigenvalue weighted by atomic mass is 10.0. The third kappa shape index (κ3) is 1.74. The van der Waals surface area contributed by atoms with Crippen molar-refractivity contribution < 1.29 is 33.6 Å². The predicted molar refractivity (Wildman–Crippen MR) is 50.9 cm³/mol. The maximum atomic E-state index is 11.1. The van der Waals surface area contributed by atoms with Crippen LogP contribution in [0.5, 0.6) is 0 Å². The maximum absolute atomic E-state index is 11.1. The topological polar surface area (TPSA) is 83.5 Å². The first kappa shape index (κ1) is 11.4. The van der Waals surface area contributed by atoms with Crippen molar-refractivity contribution in [2.45, 2.75) is 57.1 Å². The molecule has 0 amide bonds. The molecule has 7 heteroatoms. The Morgan fingerprint density at radius 1 is 0.882 bits per heavy atom. The Labute approximate surface area is 97.5 Å². The molecule has 0 saturated carbocycles. The first-order chi connectivity index (χ1) is 8.06. The molecule has 0 aromatic heterocycles. The SMILES string of the molecule is CC1OC2OC3C(C(=O)O)OC(C)OC3C2O1. The number of ether oxygens (including phenoxy) is 5. The second-order valence-corrected chi connectivity index (χ2v) is 4.34. The van der Waals surface area contributed by atoms with Gasteiger partial charge in [-0.25, -0.2) is 4.79 Å². The molecule has 96 valence electrons. The number of carboxylic acids is 1. The first-order valence-electron chi connectivity index (χ1n) is 5.56. The molecule has 0 spiro atoms. The highest BCUT2D eigenvalue weighted by Crippen LogP contribution is 2.39. The number of carbonyl (C=O) groups is 1. The van der Waals surface area contributed by atoms with Gasteiger partial charge in [-0.1, -0.05) is 0 Å². The fraction of sp³-hybridized carbons (Fsp3) is 0.900. The average Bonchev–Trinajstić information content (AvgIpc) is 2.74. The summed E-state index contributed by atoms with van der Waals surface area (Å²) in [6, 6.07) is 0. The maximum Gasteiger partial charge on any atom is 0.335 e. The zero-order chi connectivity index (χ0) is 12.2. The minimum atomic E-state index is -1.07. The summed E-state index contributed by atoms with van der Waals surface area (Å²) in [6.07, 6.45) is -4.12. The van der Waals surface area contributed by atoms with Crippen molar-refractivity contribution in [3.63, 3.8) is 0 Å². The summed E-state index contributed by atoms with van der Waals surface area (Å²) in [4.78, 5) is 11.1. The Morgan fingerprint density at radius 2 is 1.53 bits per heavy atom. The molecular weight excluding hydrogens is 232 g/mol. The van der Waals surface area contributed by atoms with Crippen LogP contribution in [0, 0.1) is 0 Å². The minimum Gasteiger partial charge on any atom is -0.479 e. The van der Waals surface area contributed by atoms with Gasteiger partial charge in [-0.05, 0) is 13.8 Å². The molecule has 7 unspecified atom stereocenters. The molecule has 3 aliphatic heterocycles. The van der Waals surface area contributed by atoms with E-state index in [4.69, 9.17) is 28.8 Å². The van der Waals surface area contributed by atoms with Crippen LogP contribution in [-0.4, -0.2) is 54.4 Å². The number of hydrogen-bond donors (Lipinski definition) is 1. The second-order valence-electron chi connectivity index (χ2n) is 4.34. The summed E-state index contributed by atoms with van der Waals surface area (Å²) in [5.74, 6) is -1.07. The first-order valence-corrected chi connectivity index (χ1v) is 5.56. The Morgan fingerprint density at radius 3 is 2.24 bits per heavy atom. The van der Waals surface area contributed by atoms with E-state index in [9.17, 15) is 4.79 Å². The van der Waals surface area contributed by atoms with E-state index in [1.807, 2.05) is 0 Å². The molecule has 17 heavy (non-hydrogen) atoms. The highest BCUT2D eigenvalue weighted by molar-refractivity contribution is 5.73. The summed E-state index contributed by atoms with van der Waals surface area (Å²) in [6.45, 7) is 3.41. The van der Waals surface area contributed by atoms with Gasteiger partial charge in [-0.15, -0.1) is 0 Å².